The predicted octanol–water partition coefficient (Wildman–Crippen LogP) is 3.27. The Morgan fingerprint density at radius 2 is 1.83 bits per heavy atom. The lowest BCUT2D eigenvalue weighted by Crippen LogP contribution is -2.17. The van der Waals surface area contributed by atoms with Crippen molar-refractivity contribution in [3.63, 3.8) is 0 Å². The maximum Gasteiger partial charge on any atom is 0.307 e. The second kappa shape index (κ2) is 8.86. The molecule has 24 heavy (non-hydrogen) atoms. The molecule has 0 saturated heterocycles. The van der Waals surface area contributed by atoms with Gasteiger partial charge in [-0.1, -0.05) is 42.5 Å². The van der Waals surface area contributed by atoms with Crippen molar-refractivity contribution in [2.45, 2.75) is 19.3 Å². The van der Waals surface area contributed by atoms with Gasteiger partial charge in [0.2, 0.25) is 0 Å². The summed E-state index contributed by atoms with van der Waals surface area (Å²) in [7, 11) is 0. The lowest BCUT2D eigenvalue weighted by atomic mass is 9.97. The SMILES string of the molecule is CC=C(Oc1ccc(CC(=O)O)cc1)C(CON)c1ccccc1. The standard InChI is InChI=1S/C19H21NO4/c1-2-18(17(13-23-20)15-6-4-3-5-7-15)24-16-10-8-14(9-11-16)12-19(21)22/h2-11,17H,12-13,20H2,1H3,(H,21,22). The molecular formula is C19H21NO4. The summed E-state index contributed by atoms with van der Waals surface area (Å²) in [6.45, 7) is 2.18. The van der Waals surface area contributed by atoms with Gasteiger partial charge in [0.05, 0.1) is 18.9 Å². The molecule has 0 spiro atoms. The molecule has 2 aromatic rings. The minimum atomic E-state index is -0.859. The van der Waals surface area contributed by atoms with Crippen LogP contribution in [-0.2, 0) is 16.1 Å². The summed E-state index contributed by atoms with van der Waals surface area (Å²) < 4.78 is 5.97. The third kappa shape index (κ3) is 4.94. The van der Waals surface area contributed by atoms with E-state index in [4.69, 9.17) is 20.6 Å². The molecule has 1 atom stereocenters. The van der Waals surface area contributed by atoms with Crippen LogP contribution in [0.1, 0.15) is 24.0 Å². The maximum atomic E-state index is 10.7. The summed E-state index contributed by atoms with van der Waals surface area (Å²) in [5.74, 6) is 5.65. The predicted molar refractivity (Wildman–Crippen MR) is 91.5 cm³/mol. The molecule has 0 aliphatic rings. The van der Waals surface area contributed by atoms with Crippen molar-refractivity contribution < 1.29 is 19.5 Å². The Morgan fingerprint density at radius 1 is 1.17 bits per heavy atom. The molecule has 0 aliphatic heterocycles. The Kier molecular flexibility index (Phi) is 6.54. The van der Waals surface area contributed by atoms with Gasteiger partial charge in [0.15, 0.2) is 0 Å². The Bertz CT molecular complexity index is 680. The highest BCUT2D eigenvalue weighted by Gasteiger charge is 2.18. The van der Waals surface area contributed by atoms with Crippen LogP contribution in [0.15, 0.2) is 66.4 Å². The quantitative estimate of drug-likeness (QED) is 0.574. The van der Waals surface area contributed by atoms with Crippen LogP contribution in [0.2, 0.25) is 0 Å². The number of carbonyl (C=O) groups is 1. The average molecular weight is 327 g/mol. The summed E-state index contributed by atoms with van der Waals surface area (Å²) in [6.07, 6.45) is 1.87. The highest BCUT2D eigenvalue weighted by molar-refractivity contribution is 5.70. The van der Waals surface area contributed by atoms with Crippen LogP contribution in [-0.4, -0.2) is 17.7 Å². The first-order valence-electron chi connectivity index (χ1n) is 7.65. The molecule has 0 bridgehead atoms. The first-order valence-corrected chi connectivity index (χ1v) is 7.65. The molecular weight excluding hydrogens is 306 g/mol. The van der Waals surface area contributed by atoms with E-state index in [2.05, 4.69) is 0 Å². The van der Waals surface area contributed by atoms with Crippen molar-refractivity contribution in [3.05, 3.63) is 77.6 Å². The molecule has 2 rings (SSSR count). The van der Waals surface area contributed by atoms with Crippen molar-refractivity contribution >= 4 is 5.97 Å². The first-order chi connectivity index (χ1) is 11.6. The van der Waals surface area contributed by atoms with Crippen LogP contribution in [0, 0.1) is 0 Å². The highest BCUT2D eigenvalue weighted by atomic mass is 16.6. The maximum absolute atomic E-state index is 10.7. The zero-order valence-corrected chi connectivity index (χ0v) is 13.5. The van der Waals surface area contributed by atoms with E-state index < -0.39 is 5.97 Å². The molecule has 0 heterocycles. The minimum absolute atomic E-state index is 0.00952. The molecule has 0 aliphatic carbocycles. The molecule has 5 nitrogen and oxygen atoms in total. The highest BCUT2D eigenvalue weighted by Crippen LogP contribution is 2.27. The Balaban J connectivity index is 2.16. The monoisotopic (exact) mass is 327 g/mol. The van der Waals surface area contributed by atoms with Gasteiger partial charge < -0.3 is 14.7 Å². The van der Waals surface area contributed by atoms with E-state index in [1.165, 1.54) is 0 Å². The van der Waals surface area contributed by atoms with Crippen LogP contribution in [0.3, 0.4) is 0 Å². The zero-order chi connectivity index (χ0) is 17.4. The smallest absolute Gasteiger partial charge is 0.307 e. The number of allylic oxidation sites excluding steroid dienone is 1. The van der Waals surface area contributed by atoms with Crippen molar-refractivity contribution in [2.75, 3.05) is 6.61 Å². The normalized spacial score (nSPS) is 12.7. The van der Waals surface area contributed by atoms with E-state index in [-0.39, 0.29) is 12.3 Å². The zero-order valence-electron chi connectivity index (χ0n) is 13.5. The number of aliphatic carboxylic acids is 1. The van der Waals surface area contributed by atoms with Gasteiger partial charge in [0, 0.05) is 0 Å². The Hall–Kier alpha value is -2.63. The van der Waals surface area contributed by atoms with Gasteiger partial charge in [-0.25, -0.2) is 5.90 Å². The summed E-state index contributed by atoms with van der Waals surface area (Å²) in [6, 6.07) is 16.8. The van der Waals surface area contributed by atoms with Crippen LogP contribution < -0.4 is 10.6 Å². The van der Waals surface area contributed by atoms with Gasteiger partial charge >= 0.3 is 5.97 Å². The second-order valence-corrected chi connectivity index (χ2v) is 5.30. The third-order valence-corrected chi connectivity index (χ3v) is 3.61. The summed E-state index contributed by atoms with van der Waals surface area (Å²) >= 11 is 0. The molecule has 0 radical (unpaired) electrons. The number of benzene rings is 2. The average Bonchev–Trinajstić information content (AvgIpc) is 2.60. The third-order valence-electron chi connectivity index (χ3n) is 3.61. The van der Waals surface area contributed by atoms with Crippen LogP contribution >= 0.6 is 0 Å². The lowest BCUT2D eigenvalue weighted by Gasteiger charge is -2.20. The Morgan fingerprint density at radius 3 is 2.38 bits per heavy atom. The molecule has 126 valence electrons. The van der Waals surface area contributed by atoms with E-state index in [0.29, 0.717) is 12.4 Å². The van der Waals surface area contributed by atoms with E-state index in [1.807, 2.05) is 43.3 Å². The van der Waals surface area contributed by atoms with Crippen molar-refractivity contribution in [1.82, 2.24) is 0 Å². The second-order valence-electron chi connectivity index (χ2n) is 5.30. The summed E-state index contributed by atoms with van der Waals surface area (Å²) in [5.41, 5.74) is 1.76. The molecule has 3 N–H and O–H groups in total. The minimum Gasteiger partial charge on any atom is -0.481 e. The number of hydrogen-bond donors (Lipinski definition) is 2. The fourth-order valence-electron chi connectivity index (χ4n) is 2.44. The molecule has 2 aromatic carbocycles. The number of hydrogen-bond acceptors (Lipinski definition) is 4. The number of nitrogens with two attached hydrogens (primary N) is 1. The van der Waals surface area contributed by atoms with Crippen molar-refractivity contribution in [1.29, 1.82) is 0 Å². The number of rotatable bonds is 8. The topological polar surface area (TPSA) is 81.8 Å². The van der Waals surface area contributed by atoms with E-state index in [1.54, 1.807) is 24.3 Å². The van der Waals surface area contributed by atoms with Crippen LogP contribution in [0.5, 0.6) is 5.75 Å². The van der Waals surface area contributed by atoms with Gasteiger partial charge in [0.1, 0.15) is 11.5 Å². The van der Waals surface area contributed by atoms with E-state index >= 15 is 0 Å². The van der Waals surface area contributed by atoms with E-state index in [9.17, 15) is 4.79 Å². The molecule has 0 fully saturated rings. The molecule has 0 saturated carbocycles. The number of carboxylic acid groups (broad SMARTS) is 1. The molecule has 1 unspecified atom stereocenters. The number of carboxylic acids is 1. The van der Waals surface area contributed by atoms with Gasteiger partial charge in [-0.3, -0.25) is 4.79 Å². The fraction of sp³-hybridized carbons (Fsp3) is 0.211. The largest absolute Gasteiger partial charge is 0.481 e. The molecule has 5 heteroatoms. The van der Waals surface area contributed by atoms with Crippen molar-refractivity contribution in [3.8, 4) is 5.75 Å². The molecule has 0 amide bonds. The Labute approximate surface area is 141 Å². The summed E-state index contributed by atoms with van der Waals surface area (Å²) in [4.78, 5) is 15.6. The van der Waals surface area contributed by atoms with Crippen molar-refractivity contribution in [2.24, 2.45) is 5.90 Å². The van der Waals surface area contributed by atoms with Gasteiger partial charge in [-0.2, -0.15) is 0 Å². The van der Waals surface area contributed by atoms with Gasteiger partial charge in [-0.05, 0) is 36.3 Å². The van der Waals surface area contributed by atoms with Crippen LogP contribution in [0.25, 0.3) is 0 Å². The number of ether oxygens (including phenoxy) is 1. The molecule has 0 aromatic heterocycles. The van der Waals surface area contributed by atoms with Gasteiger partial charge in [-0.15, -0.1) is 0 Å². The lowest BCUT2D eigenvalue weighted by molar-refractivity contribution is -0.136. The van der Waals surface area contributed by atoms with Crippen LogP contribution in [0.4, 0.5) is 0 Å². The first kappa shape index (κ1) is 17.7. The fourth-order valence-corrected chi connectivity index (χ4v) is 2.44. The van der Waals surface area contributed by atoms with Gasteiger partial charge in [0.25, 0.3) is 0 Å². The summed E-state index contributed by atoms with van der Waals surface area (Å²) in [5, 5.41) is 8.81. The van der Waals surface area contributed by atoms with E-state index in [0.717, 1.165) is 16.9 Å².